The van der Waals surface area contributed by atoms with Gasteiger partial charge in [-0.2, -0.15) is 0 Å². The van der Waals surface area contributed by atoms with Crippen LogP contribution in [-0.2, 0) is 9.47 Å². The SMILES string of the molecule is CC(C)CCCC(C)CC1OCC(C)CO1. The molecule has 0 aromatic heterocycles. The lowest BCUT2D eigenvalue weighted by Gasteiger charge is -2.29. The zero-order valence-electron chi connectivity index (χ0n) is 11.4. The van der Waals surface area contributed by atoms with E-state index in [1.807, 2.05) is 0 Å². The molecule has 0 aromatic carbocycles. The second-order valence-electron chi connectivity index (χ2n) is 5.87. The predicted molar refractivity (Wildman–Crippen MR) is 67.3 cm³/mol. The van der Waals surface area contributed by atoms with Crippen LogP contribution < -0.4 is 0 Å². The van der Waals surface area contributed by atoms with Crippen molar-refractivity contribution < 1.29 is 9.47 Å². The molecule has 1 heterocycles. The van der Waals surface area contributed by atoms with Gasteiger partial charge in [0.2, 0.25) is 0 Å². The fourth-order valence-electron chi connectivity index (χ4n) is 2.10. The summed E-state index contributed by atoms with van der Waals surface area (Å²) in [5.74, 6) is 2.11. The molecule has 0 saturated carbocycles. The van der Waals surface area contributed by atoms with E-state index < -0.39 is 0 Å². The molecule has 1 aliphatic rings. The summed E-state index contributed by atoms with van der Waals surface area (Å²) < 4.78 is 11.3. The highest BCUT2D eigenvalue weighted by atomic mass is 16.7. The van der Waals surface area contributed by atoms with Gasteiger partial charge in [0.25, 0.3) is 0 Å². The van der Waals surface area contributed by atoms with Crippen LogP contribution in [0.1, 0.15) is 53.4 Å². The highest BCUT2D eigenvalue weighted by Gasteiger charge is 2.20. The summed E-state index contributed by atoms with van der Waals surface area (Å²) in [6.07, 6.45) is 5.10. The maximum absolute atomic E-state index is 5.67. The van der Waals surface area contributed by atoms with E-state index in [0.29, 0.717) is 5.92 Å². The summed E-state index contributed by atoms with van der Waals surface area (Å²) in [5.41, 5.74) is 0. The molecule has 1 fully saturated rings. The van der Waals surface area contributed by atoms with Crippen LogP contribution >= 0.6 is 0 Å². The van der Waals surface area contributed by atoms with Crippen LogP contribution in [0.5, 0.6) is 0 Å². The van der Waals surface area contributed by atoms with Crippen molar-refractivity contribution in [2.24, 2.45) is 17.8 Å². The second-order valence-corrected chi connectivity index (χ2v) is 5.87. The van der Waals surface area contributed by atoms with Crippen LogP contribution in [0.4, 0.5) is 0 Å². The van der Waals surface area contributed by atoms with Crippen LogP contribution in [0.3, 0.4) is 0 Å². The Kier molecular flexibility index (Phi) is 6.37. The Balaban J connectivity index is 2.07. The van der Waals surface area contributed by atoms with Crippen molar-refractivity contribution in [3.05, 3.63) is 0 Å². The minimum absolute atomic E-state index is 0.0604. The molecule has 0 N–H and O–H groups in total. The van der Waals surface area contributed by atoms with Crippen molar-refractivity contribution in [3.8, 4) is 0 Å². The van der Waals surface area contributed by atoms with Crippen LogP contribution in [0.15, 0.2) is 0 Å². The number of hydrogen-bond donors (Lipinski definition) is 0. The Labute approximate surface area is 101 Å². The van der Waals surface area contributed by atoms with E-state index in [1.165, 1.54) is 19.3 Å². The van der Waals surface area contributed by atoms with E-state index in [0.717, 1.165) is 31.5 Å². The lowest BCUT2D eigenvalue weighted by molar-refractivity contribution is -0.204. The van der Waals surface area contributed by atoms with Gasteiger partial charge in [-0.3, -0.25) is 0 Å². The Morgan fingerprint density at radius 2 is 1.69 bits per heavy atom. The molecular formula is C14H28O2. The van der Waals surface area contributed by atoms with Gasteiger partial charge in [-0.05, 0) is 11.8 Å². The highest BCUT2D eigenvalue weighted by molar-refractivity contribution is 4.62. The Morgan fingerprint density at radius 1 is 1.06 bits per heavy atom. The largest absolute Gasteiger partial charge is 0.352 e. The molecule has 0 bridgehead atoms. The van der Waals surface area contributed by atoms with Gasteiger partial charge in [0.1, 0.15) is 0 Å². The molecule has 1 unspecified atom stereocenters. The number of hydrogen-bond acceptors (Lipinski definition) is 2. The molecule has 2 nitrogen and oxygen atoms in total. The lowest BCUT2D eigenvalue weighted by atomic mass is 9.97. The van der Waals surface area contributed by atoms with E-state index in [1.54, 1.807) is 0 Å². The minimum Gasteiger partial charge on any atom is -0.352 e. The minimum atomic E-state index is 0.0604. The van der Waals surface area contributed by atoms with E-state index in [4.69, 9.17) is 9.47 Å². The molecule has 96 valence electrons. The second kappa shape index (κ2) is 7.29. The Bertz CT molecular complexity index is 172. The summed E-state index contributed by atoms with van der Waals surface area (Å²) in [6.45, 7) is 10.8. The van der Waals surface area contributed by atoms with Crippen molar-refractivity contribution in [2.75, 3.05) is 13.2 Å². The van der Waals surface area contributed by atoms with Crippen LogP contribution in [0, 0.1) is 17.8 Å². The first-order chi connectivity index (χ1) is 7.58. The van der Waals surface area contributed by atoms with Crippen molar-refractivity contribution in [2.45, 2.75) is 59.7 Å². The van der Waals surface area contributed by atoms with Gasteiger partial charge >= 0.3 is 0 Å². The lowest BCUT2D eigenvalue weighted by Crippen LogP contribution is -2.31. The third-order valence-corrected chi connectivity index (χ3v) is 3.21. The van der Waals surface area contributed by atoms with Gasteiger partial charge in [0, 0.05) is 12.3 Å². The molecule has 0 radical (unpaired) electrons. The molecule has 1 aliphatic heterocycles. The van der Waals surface area contributed by atoms with Gasteiger partial charge in [-0.1, -0.05) is 47.0 Å². The summed E-state index contributed by atoms with van der Waals surface area (Å²) in [4.78, 5) is 0. The summed E-state index contributed by atoms with van der Waals surface area (Å²) in [5, 5.41) is 0. The van der Waals surface area contributed by atoms with E-state index in [9.17, 15) is 0 Å². The van der Waals surface area contributed by atoms with Gasteiger partial charge in [0.05, 0.1) is 13.2 Å². The molecule has 0 spiro atoms. The van der Waals surface area contributed by atoms with Crippen LogP contribution in [0.2, 0.25) is 0 Å². The maximum atomic E-state index is 5.67. The molecule has 1 rings (SSSR count). The monoisotopic (exact) mass is 228 g/mol. The molecule has 0 aromatic rings. The fraction of sp³-hybridized carbons (Fsp3) is 1.00. The topological polar surface area (TPSA) is 18.5 Å². The summed E-state index contributed by atoms with van der Waals surface area (Å²) in [6, 6.07) is 0. The molecule has 1 atom stereocenters. The van der Waals surface area contributed by atoms with Crippen molar-refractivity contribution in [1.82, 2.24) is 0 Å². The standard InChI is InChI=1S/C14H28O2/c1-11(2)6-5-7-12(3)8-14-15-9-13(4)10-16-14/h11-14H,5-10H2,1-4H3. The maximum Gasteiger partial charge on any atom is 0.157 e. The molecule has 0 amide bonds. The quantitative estimate of drug-likeness (QED) is 0.687. The third kappa shape index (κ3) is 5.86. The molecule has 16 heavy (non-hydrogen) atoms. The zero-order chi connectivity index (χ0) is 12.0. The van der Waals surface area contributed by atoms with Gasteiger partial charge in [-0.15, -0.1) is 0 Å². The average molecular weight is 228 g/mol. The van der Waals surface area contributed by atoms with Gasteiger partial charge in [-0.25, -0.2) is 0 Å². The molecule has 0 aliphatic carbocycles. The van der Waals surface area contributed by atoms with Crippen molar-refractivity contribution >= 4 is 0 Å². The van der Waals surface area contributed by atoms with Gasteiger partial charge < -0.3 is 9.47 Å². The van der Waals surface area contributed by atoms with Crippen molar-refractivity contribution in [1.29, 1.82) is 0 Å². The average Bonchev–Trinajstić information content (AvgIpc) is 2.21. The van der Waals surface area contributed by atoms with Crippen LogP contribution in [0.25, 0.3) is 0 Å². The summed E-state index contributed by atoms with van der Waals surface area (Å²) in [7, 11) is 0. The first-order valence-electron chi connectivity index (χ1n) is 6.81. The smallest absolute Gasteiger partial charge is 0.157 e. The van der Waals surface area contributed by atoms with Crippen LogP contribution in [-0.4, -0.2) is 19.5 Å². The van der Waals surface area contributed by atoms with Gasteiger partial charge in [0.15, 0.2) is 6.29 Å². The Morgan fingerprint density at radius 3 is 2.25 bits per heavy atom. The first kappa shape index (κ1) is 14.0. The predicted octanol–water partition coefficient (Wildman–Crippen LogP) is 3.85. The van der Waals surface area contributed by atoms with Crippen molar-refractivity contribution in [3.63, 3.8) is 0 Å². The molecule has 1 saturated heterocycles. The molecule has 2 heteroatoms. The summed E-state index contributed by atoms with van der Waals surface area (Å²) >= 11 is 0. The highest BCUT2D eigenvalue weighted by Crippen LogP contribution is 2.21. The van der Waals surface area contributed by atoms with E-state index >= 15 is 0 Å². The first-order valence-corrected chi connectivity index (χ1v) is 6.81. The normalized spacial score (nSPS) is 28.3. The zero-order valence-corrected chi connectivity index (χ0v) is 11.4. The third-order valence-electron chi connectivity index (χ3n) is 3.21. The fourth-order valence-corrected chi connectivity index (χ4v) is 2.10. The molecular weight excluding hydrogens is 200 g/mol. The number of ether oxygens (including phenoxy) is 2. The Hall–Kier alpha value is -0.0800. The van der Waals surface area contributed by atoms with E-state index in [2.05, 4.69) is 27.7 Å². The van der Waals surface area contributed by atoms with E-state index in [-0.39, 0.29) is 6.29 Å². The number of rotatable bonds is 6.